The Kier molecular flexibility index (Phi) is 4.74. The van der Waals surface area contributed by atoms with Crippen LogP contribution in [-0.4, -0.2) is 23.6 Å². The third-order valence-corrected chi connectivity index (χ3v) is 5.27. The first-order valence-corrected chi connectivity index (χ1v) is 8.15. The molecule has 0 N–H and O–H groups in total. The van der Waals surface area contributed by atoms with Gasteiger partial charge in [0.25, 0.3) is 0 Å². The highest BCUT2D eigenvalue weighted by molar-refractivity contribution is 8.00. The van der Waals surface area contributed by atoms with Gasteiger partial charge >= 0.3 is 0 Å². The van der Waals surface area contributed by atoms with Gasteiger partial charge in [-0.05, 0) is 24.1 Å². The number of thioether (sulfide) groups is 1. The largest absolute Gasteiger partial charge is 0.370 e. The fourth-order valence-electron chi connectivity index (χ4n) is 2.21. The topological polar surface area (TPSA) is 3.24 Å². The van der Waals surface area contributed by atoms with Gasteiger partial charge in [-0.15, -0.1) is 11.6 Å². The molecule has 0 aliphatic carbocycles. The molecule has 2 rings (SSSR count). The minimum atomic E-state index is 0.369. The molecule has 1 aromatic carbocycles. The van der Waals surface area contributed by atoms with Crippen molar-refractivity contribution in [2.75, 3.05) is 23.7 Å². The van der Waals surface area contributed by atoms with Gasteiger partial charge in [0, 0.05) is 40.2 Å². The summed E-state index contributed by atoms with van der Waals surface area (Å²) in [4.78, 5) is 2.42. The normalized spacial score (nSPS) is 19.7. The summed E-state index contributed by atoms with van der Waals surface area (Å²) in [5, 5.41) is 0.787. The van der Waals surface area contributed by atoms with E-state index in [0.29, 0.717) is 10.6 Å². The van der Waals surface area contributed by atoms with Gasteiger partial charge in [0.1, 0.15) is 0 Å². The van der Waals surface area contributed by atoms with Gasteiger partial charge in [-0.3, -0.25) is 0 Å². The lowest BCUT2D eigenvalue weighted by Crippen LogP contribution is -2.27. The standard InChI is InChI=1S/C14H19Cl2NS/c1-14(2)5-6-17(7-8-18-14)13-9-12(16)4-3-11(13)10-15/h3-4,9H,5-8,10H2,1-2H3. The Balaban J connectivity index is 2.23. The highest BCUT2D eigenvalue weighted by atomic mass is 35.5. The van der Waals surface area contributed by atoms with Crippen LogP contribution in [0, 0.1) is 0 Å². The van der Waals surface area contributed by atoms with Gasteiger partial charge in [0.2, 0.25) is 0 Å². The molecule has 0 atom stereocenters. The minimum Gasteiger partial charge on any atom is -0.370 e. The van der Waals surface area contributed by atoms with E-state index in [2.05, 4.69) is 18.7 Å². The number of nitrogens with zero attached hydrogens (tertiary/aromatic N) is 1. The Morgan fingerprint density at radius 1 is 1.33 bits per heavy atom. The molecule has 0 radical (unpaired) electrons. The van der Waals surface area contributed by atoms with Crippen molar-refractivity contribution in [3.63, 3.8) is 0 Å². The van der Waals surface area contributed by atoms with E-state index in [1.807, 2.05) is 30.0 Å². The predicted molar refractivity (Wildman–Crippen MR) is 84.4 cm³/mol. The number of hydrogen-bond acceptors (Lipinski definition) is 2. The molecule has 1 heterocycles. The van der Waals surface area contributed by atoms with E-state index in [-0.39, 0.29) is 0 Å². The molecular formula is C14H19Cl2NS. The summed E-state index contributed by atoms with van der Waals surface area (Å²) in [6, 6.07) is 6.00. The molecule has 0 amide bonds. The molecule has 0 unspecified atom stereocenters. The maximum Gasteiger partial charge on any atom is 0.0494 e. The fraction of sp³-hybridized carbons (Fsp3) is 0.571. The fourth-order valence-corrected chi connectivity index (χ4v) is 3.70. The molecule has 0 bridgehead atoms. The Bertz CT molecular complexity index is 420. The zero-order valence-electron chi connectivity index (χ0n) is 10.9. The van der Waals surface area contributed by atoms with Crippen molar-refractivity contribution in [3.05, 3.63) is 28.8 Å². The third kappa shape index (κ3) is 3.49. The van der Waals surface area contributed by atoms with Crippen molar-refractivity contribution in [1.82, 2.24) is 0 Å². The molecule has 1 nitrogen and oxygen atoms in total. The molecule has 1 aliphatic heterocycles. The van der Waals surface area contributed by atoms with Crippen LogP contribution in [0.1, 0.15) is 25.8 Å². The summed E-state index contributed by atoms with van der Waals surface area (Å²) >= 11 is 14.2. The second kappa shape index (κ2) is 5.94. The van der Waals surface area contributed by atoms with E-state index in [4.69, 9.17) is 23.2 Å². The molecule has 4 heteroatoms. The van der Waals surface area contributed by atoms with Crippen molar-refractivity contribution in [2.45, 2.75) is 30.9 Å². The monoisotopic (exact) mass is 303 g/mol. The second-order valence-electron chi connectivity index (χ2n) is 5.25. The third-order valence-electron chi connectivity index (χ3n) is 3.37. The highest BCUT2D eigenvalue weighted by Crippen LogP contribution is 2.34. The maximum absolute atomic E-state index is 6.11. The zero-order valence-corrected chi connectivity index (χ0v) is 13.2. The zero-order chi connectivity index (χ0) is 13.2. The van der Waals surface area contributed by atoms with Crippen molar-refractivity contribution in [2.24, 2.45) is 0 Å². The molecule has 18 heavy (non-hydrogen) atoms. The smallest absolute Gasteiger partial charge is 0.0494 e. The number of halogens is 2. The summed E-state index contributed by atoms with van der Waals surface area (Å²) in [6.45, 7) is 6.78. The van der Waals surface area contributed by atoms with Gasteiger partial charge in [0.05, 0.1) is 0 Å². The van der Waals surface area contributed by atoms with Gasteiger partial charge < -0.3 is 4.90 Å². The number of hydrogen-bond donors (Lipinski definition) is 0. The number of anilines is 1. The highest BCUT2D eigenvalue weighted by Gasteiger charge is 2.24. The van der Waals surface area contributed by atoms with Crippen LogP contribution >= 0.6 is 35.0 Å². The van der Waals surface area contributed by atoms with E-state index >= 15 is 0 Å². The van der Waals surface area contributed by atoms with Crippen molar-refractivity contribution in [1.29, 1.82) is 0 Å². The SMILES string of the molecule is CC1(C)CCN(c2cc(Cl)ccc2CCl)CCS1. The van der Waals surface area contributed by atoms with E-state index in [0.717, 1.165) is 23.9 Å². The van der Waals surface area contributed by atoms with Crippen molar-refractivity contribution in [3.8, 4) is 0 Å². The Labute approximate surface area is 124 Å². The molecule has 0 spiro atoms. The van der Waals surface area contributed by atoms with E-state index in [9.17, 15) is 0 Å². The summed E-state index contributed by atoms with van der Waals surface area (Å²) in [7, 11) is 0. The molecular weight excluding hydrogens is 285 g/mol. The van der Waals surface area contributed by atoms with Crippen LogP contribution < -0.4 is 4.90 Å². The van der Waals surface area contributed by atoms with E-state index < -0.39 is 0 Å². The average molecular weight is 304 g/mol. The Morgan fingerprint density at radius 2 is 2.11 bits per heavy atom. The van der Waals surface area contributed by atoms with Crippen LogP contribution in [0.4, 0.5) is 5.69 Å². The van der Waals surface area contributed by atoms with Gasteiger partial charge in [0.15, 0.2) is 0 Å². The summed E-state index contributed by atoms with van der Waals surface area (Å²) in [6.07, 6.45) is 1.19. The molecule has 1 fully saturated rings. The minimum absolute atomic E-state index is 0.369. The van der Waals surface area contributed by atoms with Crippen molar-refractivity contribution < 1.29 is 0 Å². The Morgan fingerprint density at radius 3 is 2.83 bits per heavy atom. The second-order valence-corrected chi connectivity index (χ2v) is 7.76. The number of benzene rings is 1. The number of alkyl halides is 1. The van der Waals surface area contributed by atoms with Gasteiger partial charge in [-0.2, -0.15) is 11.8 Å². The predicted octanol–water partition coefficient (Wildman–Crippen LogP) is 4.80. The Hall–Kier alpha value is -0.0500. The van der Waals surface area contributed by atoms with E-state index in [1.165, 1.54) is 17.7 Å². The van der Waals surface area contributed by atoms with Crippen LogP contribution in [0.15, 0.2) is 18.2 Å². The van der Waals surface area contributed by atoms with Gasteiger partial charge in [-0.1, -0.05) is 31.5 Å². The summed E-state index contributed by atoms with van der Waals surface area (Å²) < 4.78 is 0.369. The molecule has 1 aromatic rings. The quantitative estimate of drug-likeness (QED) is 0.722. The lowest BCUT2D eigenvalue weighted by molar-refractivity contribution is 0.637. The van der Waals surface area contributed by atoms with Crippen LogP contribution in [0.25, 0.3) is 0 Å². The maximum atomic E-state index is 6.11. The summed E-state index contributed by atoms with van der Waals surface area (Å²) in [5.41, 5.74) is 2.38. The van der Waals surface area contributed by atoms with Crippen LogP contribution in [0.2, 0.25) is 5.02 Å². The van der Waals surface area contributed by atoms with Crippen molar-refractivity contribution >= 4 is 40.7 Å². The number of rotatable bonds is 2. The first kappa shape index (κ1) is 14.4. The van der Waals surface area contributed by atoms with Crippen LogP contribution in [-0.2, 0) is 5.88 Å². The first-order chi connectivity index (χ1) is 8.52. The van der Waals surface area contributed by atoms with Gasteiger partial charge in [-0.25, -0.2) is 0 Å². The molecule has 0 aromatic heterocycles. The first-order valence-electron chi connectivity index (χ1n) is 6.25. The average Bonchev–Trinajstić information content (AvgIpc) is 2.50. The molecule has 1 aliphatic rings. The molecule has 100 valence electrons. The van der Waals surface area contributed by atoms with Crippen LogP contribution in [0.5, 0.6) is 0 Å². The summed E-state index contributed by atoms with van der Waals surface area (Å²) in [5.74, 6) is 1.70. The van der Waals surface area contributed by atoms with Crippen LogP contribution in [0.3, 0.4) is 0 Å². The van der Waals surface area contributed by atoms with E-state index in [1.54, 1.807) is 0 Å². The molecule has 1 saturated heterocycles. The molecule has 0 saturated carbocycles. The lowest BCUT2D eigenvalue weighted by Gasteiger charge is -2.26. The lowest BCUT2D eigenvalue weighted by atomic mass is 10.1.